The van der Waals surface area contributed by atoms with E-state index in [0.717, 1.165) is 6.42 Å². The van der Waals surface area contributed by atoms with E-state index in [-0.39, 0.29) is 6.42 Å². The number of aromatic nitrogens is 1. The van der Waals surface area contributed by atoms with Gasteiger partial charge in [-0.05, 0) is 6.42 Å². The Hall–Kier alpha value is -1.53. The molecule has 0 saturated carbocycles. The first kappa shape index (κ1) is 12.5. The van der Waals surface area contributed by atoms with Gasteiger partial charge < -0.3 is 4.42 Å². The van der Waals surface area contributed by atoms with Crippen LogP contribution < -0.4 is 5.32 Å². The molecule has 0 aromatic carbocycles. The lowest BCUT2D eigenvalue weighted by Crippen LogP contribution is -2.12. The number of anilines is 1. The number of nitrogens with zero attached hydrogens (tertiary/aromatic N) is 1. The number of hydrogen-bond acceptors (Lipinski definition) is 3. The van der Waals surface area contributed by atoms with Gasteiger partial charge >= 0.3 is 12.2 Å². The van der Waals surface area contributed by atoms with Crippen molar-refractivity contribution < 1.29 is 22.4 Å². The summed E-state index contributed by atoms with van der Waals surface area (Å²) in [4.78, 5) is 14.2. The summed E-state index contributed by atoms with van der Waals surface area (Å²) in [6.45, 7) is 1.90. The van der Waals surface area contributed by atoms with E-state index in [2.05, 4.69) is 14.7 Å². The van der Waals surface area contributed by atoms with Gasteiger partial charge in [0.25, 0.3) is 0 Å². The Morgan fingerprint density at radius 2 is 2.25 bits per heavy atom. The highest BCUT2D eigenvalue weighted by Crippen LogP contribution is 2.29. The molecule has 7 heteroatoms. The van der Waals surface area contributed by atoms with E-state index in [1.54, 1.807) is 0 Å². The summed E-state index contributed by atoms with van der Waals surface area (Å²) in [7, 11) is 0. The van der Waals surface area contributed by atoms with E-state index < -0.39 is 23.8 Å². The molecule has 0 bridgehead atoms. The van der Waals surface area contributed by atoms with Gasteiger partial charge in [-0.2, -0.15) is 18.2 Å². The molecule has 0 fully saturated rings. The van der Waals surface area contributed by atoms with Crippen LogP contribution in [0.1, 0.15) is 31.9 Å². The van der Waals surface area contributed by atoms with Crippen LogP contribution in [-0.2, 0) is 11.0 Å². The quantitative estimate of drug-likeness (QED) is 0.874. The lowest BCUT2D eigenvalue weighted by molar-refractivity contribution is -0.141. The van der Waals surface area contributed by atoms with Crippen LogP contribution in [0, 0.1) is 0 Å². The van der Waals surface area contributed by atoms with Crippen LogP contribution in [0.15, 0.2) is 10.7 Å². The first-order valence-electron chi connectivity index (χ1n) is 4.76. The highest BCUT2D eigenvalue weighted by atomic mass is 19.4. The van der Waals surface area contributed by atoms with Crippen molar-refractivity contribution in [1.82, 2.24) is 4.98 Å². The Morgan fingerprint density at radius 1 is 1.56 bits per heavy atom. The SMILES string of the molecule is CCCCC(=O)Nc1nc(C(F)(F)F)co1. The zero-order valence-electron chi connectivity index (χ0n) is 8.60. The fourth-order valence-electron chi connectivity index (χ4n) is 0.980. The molecule has 0 saturated heterocycles. The number of nitrogens with one attached hydrogen (secondary N) is 1. The van der Waals surface area contributed by atoms with E-state index in [0.29, 0.717) is 12.7 Å². The summed E-state index contributed by atoms with van der Waals surface area (Å²) >= 11 is 0. The average Bonchev–Trinajstić information content (AvgIpc) is 2.62. The Bertz CT molecular complexity index is 360. The third-order valence-electron chi connectivity index (χ3n) is 1.80. The van der Waals surface area contributed by atoms with Gasteiger partial charge in [0.2, 0.25) is 5.91 Å². The number of rotatable bonds is 4. The van der Waals surface area contributed by atoms with Gasteiger partial charge in [0.1, 0.15) is 6.26 Å². The van der Waals surface area contributed by atoms with Gasteiger partial charge in [-0.1, -0.05) is 13.3 Å². The predicted octanol–water partition coefficient (Wildman–Crippen LogP) is 2.82. The van der Waals surface area contributed by atoms with Crippen LogP contribution in [0.25, 0.3) is 0 Å². The standard InChI is InChI=1S/C9H11F3N2O2/c1-2-3-4-7(15)14-8-13-6(5-16-8)9(10,11)12/h5H,2-4H2,1H3,(H,13,14,15). The second-order valence-electron chi connectivity index (χ2n) is 3.19. The topological polar surface area (TPSA) is 55.1 Å². The van der Waals surface area contributed by atoms with Crippen LogP contribution in [0.4, 0.5) is 19.2 Å². The van der Waals surface area contributed by atoms with Crippen molar-refractivity contribution in [3.8, 4) is 0 Å². The molecular formula is C9H11F3N2O2. The fourth-order valence-corrected chi connectivity index (χ4v) is 0.980. The maximum atomic E-state index is 12.1. The number of unbranched alkanes of at least 4 members (excludes halogenated alkanes) is 1. The Labute approximate surface area is 89.8 Å². The van der Waals surface area contributed by atoms with Gasteiger partial charge in [0, 0.05) is 6.42 Å². The van der Waals surface area contributed by atoms with E-state index in [1.807, 2.05) is 6.92 Å². The average molecular weight is 236 g/mol. The summed E-state index contributed by atoms with van der Waals surface area (Å²) in [6.07, 6.45) is -2.36. The van der Waals surface area contributed by atoms with E-state index >= 15 is 0 Å². The monoisotopic (exact) mass is 236 g/mol. The molecule has 1 amide bonds. The summed E-state index contributed by atoms with van der Waals surface area (Å²) in [6, 6.07) is -0.423. The lowest BCUT2D eigenvalue weighted by Gasteiger charge is -1.99. The highest BCUT2D eigenvalue weighted by molar-refractivity contribution is 5.88. The second kappa shape index (κ2) is 5.00. The van der Waals surface area contributed by atoms with E-state index in [1.165, 1.54) is 0 Å². The first-order valence-corrected chi connectivity index (χ1v) is 4.76. The molecular weight excluding hydrogens is 225 g/mol. The second-order valence-corrected chi connectivity index (χ2v) is 3.19. The number of halogens is 3. The summed E-state index contributed by atoms with van der Waals surface area (Å²) < 4.78 is 40.8. The third-order valence-corrected chi connectivity index (χ3v) is 1.80. The van der Waals surface area contributed by atoms with Crippen molar-refractivity contribution in [3.63, 3.8) is 0 Å². The zero-order valence-corrected chi connectivity index (χ0v) is 8.60. The van der Waals surface area contributed by atoms with Gasteiger partial charge in [-0.25, -0.2) is 0 Å². The normalized spacial score (nSPS) is 11.5. The number of oxazole rings is 1. The predicted molar refractivity (Wildman–Crippen MR) is 49.7 cm³/mol. The van der Waals surface area contributed by atoms with Crippen molar-refractivity contribution >= 4 is 11.9 Å². The Kier molecular flexibility index (Phi) is 3.92. The number of amides is 1. The molecule has 4 nitrogen and oxygen atoms in total. The van der Waals surface area contributed by atoms with Crippen LogP contribution in [0.5, 0.6) is 0 Å². The Morgan fingerprint density at radius 3 is 2.75 bits per heavy atom. The molecule has 1 aromatic heterocycles. The fraction of sp³-hybridized carbons (Fsp3) is 0.556. The van der Waals surface area contributed by atoms with Gasteiger partial charge in [0.15, 0.2) is 5.69 Å². The van der Waals surface area contributed by atoms with Crippen LogP contribution in [-0.4, -0.2) is 10.9 Å². The largest absolute Gasteiger partial charge is 0.436 e. The molecule has 0 unspecified atom stereocenters. The van der Waals surface area contributed by atoms with Crippen LogP contribution in [0.3, 0.4) is 0 Å². The van der Waals surface area contributed by atoms with Gasteiger partial charge in [-0.15, -0.1) is 0 Å². The first-order chi connectivity index (χ1) is 7.43. The molecule has 0 aliphatic rings. The zero-order chi connectivity index (χ0) is 12.2. The maximum Gasteiger partial charge on any atom is 0.436 e. The smallest absolute Gasteiger partial charge is 0.431 e. The summed E-state index contributed by atoms with van der Waals surface area (Å²) in [5.41, 5.74) is -1.15. The molecule has 0 radical (unpaired) electrons. The molecule has 16 heavy (non-hydrogen) atoms. The summed E-state index contributed by atoms with van der Waals surface area (Å²) in [5.74, 6) is -0.405. The van der Waals surface area contributed by atoms with Crippen molar-refractivity contribution in [1.29, 1.82) is 0 Å². The minimum absolute atomic E-state index is 0.236. The van der Waals surface area contributed by atoms with Crippen molar-refractivity contribution in [2.75, 3.05) is 5.32 Å². The molecule has 0 spiro atoms. The molecule has 1 N–H and O–H groups in total. The maximum absolute atomic E-state index is 12.1. The molecule has 0 atom stereocenters. The molecule has 1 aromatic rings. The highest BCUT2D eigenvalue weighted by Gasteiger charge is 2.34. The number of carbonyl (C=O) groups is 1. The lowest BCUT2D eigenvalue weighted by atomic mass is 10.2. The molecule has 0 aliphatic heterocycles. The van der Waals surface area contributed by atoms with Gasteiger partial charge in [0.05, 0.1) is 0 Å². The van der Waals surface area contributed by atoms with Gasteiger partial charge in [-0.3, -0.25) is 10.1 Å². The number of hydrogen-bond donors (Lipinski definition) is 1. The molecule has 1 rings (SSSR count). The van der Waals surface area contributed by atoms with Crippen LogP contribution in [0.2, 0.25) is 0 Å². The van der Waals surface area contributed by atoms with Crippen molar-refractivity contribution in [2.45, 2.75) is 32.4 Å². The van der Waals surface area contributed by atoms with Crippen LogP contribution >= 0.6 is 0 Å². The minimum Gasteiger partial charge on any atom is -0.431 e. The third kappa shape index (κ3) is 3.56. The number of carbonyl (C=O) groups excluding carboxylic acids is 1. The van der Waals surface area contributed by atoms with Crippen molar-refractivity contribution in [2.24, 2.45) is 0 Å². The summed E-state index contributed by atoms with van der Waals surface area (Å²) in [5, 5.41) is 2.15. The van der Waals surface area contributed by atoms with Crippen molar-refractivity contribution in [3.05, 3.63) is 12.0 Å². The van der Waals surface area contributed by atoms with E-state index in [9.17, 15) is 18.0 Å². The minimum atomic E-state index is -4.56. The number of alkyl halides is 3. The van der Waals surface area contributed by atoms with E-state index in [4.69, 9.17) is 0 Å². The molecule has 1 heterocycles. The molecule has 0 aliphatic carbocycles. The Balaban J connectivity index is 2.56. The molecule has 90 valence electrons.